The van der Waals surface area contributed by atoms with Gasteiger partial charge in [0.2, 0.25) is 0 Å². The molecule has 0 radical (unpaired) electrons. The molecular formula is C18H30N2O. The first kappa shape index (κ1) is 16.5. The number of aliphatic hydroxyl groups excluding tert-OH is 1. The van der Waals surface area contributed by atoms with E-state index in [2.05, 4.69) is 54.1 Å². The van der Waals surface area contributed by atoms with E-state index in [1.807, 2.05) is 0 Å². The lowest BCUT2D eigenvalue weighted by Crippen LogP contribution is -2.44. The molecule has 3 nitrogen and oxygen atoms in total. The smallest absolute Gasteiger partial charge is 0.0443 e. The summed E-state index contributed by atoms with van der Waals surface area (Å²) in [5.74, 6) is 0.606. The molecule has 0 bridgehead atoms. The predicted octanol–water partition coefficient (Wildman–Crippen LogP) is 2.57. The Morgan fingerprint density at radius 3 is 2.52 bits per heavy atom. The van der Waals surface area contributed by atoms with Crippen molar-refractivity contribution in [2.24, 2.45) is 0 Å². The van der Waals surface area contributed by atoms with E-state index >= 15 is 0 Å². The zero-order valence-electron chi connectivity index (χ0n) is 13.5. The van der Waals surface area contributed by atoms with Crippen LogP contribution in [-0.2, 0) is 0 Å². The molecule has 1 aromatic carbocycles. The summed E-state index contributed by atoms with van der Waals surface area (Å²) in [6.45, 7) is 7.21. The molecule has 1 aliphatic heterocycles. The Bertz CT molecular complexity index is 387. The molecule has 1 fully saturated rings. The zero-order valence-corrected chi connectivity index (χ0v) is 13.5. The molecule has 21 heavy (non-hydrogen) atoms. The number of likely N-dealkylation sites (tertiary alicyclic amines) is 1. The van der Waals surface area contributed by atoms with Gasteiger partial charge in [-0.05, 0) is 50.9 Å². The highest BCUT2D eigenvalue weighted by molar-refractivity contribution is 5.19. The summed E-state index contributed by atoms with van der Waals surface area (Å²) < 4.78 is 0. The van der Waals surface area contributed by atoms with E-state index < -0.39 is 0 Å². The van der Waals surface area contributed by atoms with Gasteiger partial charge in [-0.1, -0.05) is 37.3 Å². The molecule has 0 amide bonds. The highest BCUT2D eigenvalue weighted by atomic mass is 16.3. The Balaban J connectivity index is 1.74. The second kappa shape index (κ2) is 8.52. The number of piperidine rings is 1. The van der Waals surface area contributed by atoms with Crippen molar-refractivity contribution in [3.8, 4) is 0 Å². The van der Waals surface area contributed by atoms with Crippen LogP contribution in [-0.4, -0.2) is 60.8 Å². The number of benzene rings is 1. The standard InChI is InChI=1S/C18H30N2O/c1-16(17-7-4-3-5-8-17)15-20-12-9-18(10-13-20)19(2)11-6-14-21/h3-5,7-8,16,18,21H,6,9-15H2,1-2H3. The van der Waals surface area contributed by atoms with E-state index in [4.69, 9.17) is 5.11 Å². The van der Waals surface area contributed by atoms with Gasteiger partial charge in [-0.3, -0.25) is 0 Å². The molecule has 1 N–H and O–H groups in total. The Labute approximate surface area is 129 Å². The van der Waals surface area contributed by atoms with E-state index in [1.165, 1.54) is 31.5 Å². The minimum atomic E-state index is 0.303. The van der Waals surface area contributed by atoms with Gasteiger partial charge in [0.1, 0.15) is 0 Å². The van der Waals surface area contributed by atoms with Crippen molar-refractivity contribution >= 4 is 0 Å². The molecule has 1 heterocycles. The van der Waals surface area contributed by atoms with Crippen molar-refractivity contribution in [3.05, 3.63) is 35.9 Å². The lowest BCUT2D eigenvalue weighted by Gasteiger charge is -2.37. The fourth-order valence-corrected chi connectivity index (χ4v) is 3.32. The van der Waals surface area contributed by atoms with Crippen molar-refractivity contribution in [2.45, 2.75) is 38.1 Å². The third-order valence-corrected chi connectivity index (χ3v) is 4.75. The molecule has 1 aromatic rings. The summed E-state index contributed by atoms with van der Waals surface area (Å²) in [6, 6.07) is 11.5. The maximum absolute atomic E-state index is 8.93. The highest BCUT2D eigenvalue weighted by Crippen LogP contribution is 2.20. The Morgan fingerprint density at radius 1 is 1.24 bits per heavy atom. The largest absolute Gasteiger partial charge is 0.396 e. The van der Waals surface area contributed by atoms with Gasteiger partial charge in [-0.15, -0.1) is 0 Å². The SMILES string of the molecule is CC(CN1CCC(N(C)CCCO)CC1)c1ccccc1. The van der Waals surface area contributed by atoms with E-state index in [0.717, 1.165) is 19.5 Å². The van der Waals surface area contributed by atoms with Gasteiger partial charge in [0.15, 0.2) is 0 Å². The van der Waals surface area contributed by atoms with Crippen LogP contribution in [0.25, 0.3) is 0 Å². The van der Waals surface area contributed by atoms with Crippen molar-refractivity contribution in [1.82, 2.24) is 9.80 Å². The molecule has 0 aliphatic carbocycles. The second-order valence-electron chi connectivity index (χ2n) is 6.40. The number of aliphatic hydroxyl groups is 1. The summed E-state index contributed by atoms with van der Waals surface area (Å²) in [4.78, 5) is 5.03. The molecule has 3 heteroatoms. The highest BCUT2D eigenvalue weighted by Gasteiger charge is 2.23. The molecule has 0 spiro atoms. The van der Waals surface area contributed by atoms with Crippen molar-refractivity contribution in [3.63, 3.8) is 0 Å². The monoisotopic (exact) mass is 290 g/mol. The van der Waals surface area contributed by atoms with Gasteiger partial charge in [-0.25, -0.2) is 0 Å². The first-order valence-electron chi connectivity index (χ1n) is 8.29. The molecule has 0 aromatic heterocycles. The topological polar surface area (TPSA) is 26.7 Å². The van der Waals surface area contributed by atoms with E-state index in [9.17, 15) is 0 Å². The van der Waals surface area contributed by atoms with Crippen LogP contribution in [0.1, 0.15) is 37.7 Å². The summed E-state index contributed by atoms with van der Waals surface area (Å²) in [5.41, 5.74) is 1.44. The number of nitrogens with zero attached hydrogens (tertiary/aromatic N) is 2. The van der Waals surface area contributed by atoms with Crippen LogP contribution in [0.4, 0.5) is 0 Å². The summed E-state index contributed by atoms with van der Waals surface area (Å²) in [6.07, 6.45) is 3.40. The maximum atomic E-state index is 8.93. The van der Waals surface area contributed by atoms with Crippen LogP contribution in [0.15, 0.2) is 30.3 Å². The molecule has 118 valence electrons. The van der Waals surface area contributed by atoms with Gasteiger partial charge in [-0.2, -0.15) is 0 Å². The minimum Gasteiger partial charge on any atom is -0.396 e. The summed E-state index contributed by atoms with van der Waals surface area (Å²) in [7, 11) is 2.20. The van der Waals surface area contributed by atoms with E-state index in [0.29, 0.717) is 18.6 Å². The summed E-state index contributed by atoms with van der Waals surface area (Å²) >= 11 is 0. The minimum absolute atomic E-state index is 0.303. The second-order valence-corrected chi connectivity index (χ2v) is 6.40. The molecule has 1 atom stereocenters. The third-order valence-electron chi connectivity index (χ3n) is 4.75. The fraction of sp³-hybridized carbons (Fsp3) is 0.667. The molecule has 2 rings (SSSR count). The van der Waals surface area contributed by atoms with Gasteiger partial charge in [0.25, 0.3) is 0 Å². The van der Waals surface area contributed by atoms with Crippen LogP contribution in [0.2, 0.25) is 0 Å². The quantitative estimate of drug-likeness (QED) is 0.836. The third kappa shape index (κ3) is 5.10. The van der Waals surface area contributed by atoms with Crippen molar-refractivity contribution in [1.29, 1.82) is 0 Å². The van der Waals surface area contributed by atoms with E-state index in [1.54, 1.807) is 0 Å². The Morgan fingerprint density at radius 2 is 1.90 bits per heavy atom. The normalized spacial score (nSPS) is 19.0. The van der Waals surface area contributed by atoms with Crippen LogP contribution in [0.3, 0.4) is 0 Å². The Kier molecular flexibility index (Phi) is 6.68. The molecule has 0 saturated carbocycles. The van der Waals surface area contributed by atoms with Crippen LogP contribution < -0.4 is 0 Å². The first-order valence-corrected chi connectivity index (χ1v) is 8.29. The Hall–Kier alpha value is -0.900. The zero-order chi connectivity index (χ0) is 15.1. The van der Waals surface area contributed by atoms with Crippen LogP contribution >= 0.6 is 0 Å². The van der Waals surface area contributed by atoms with Gasteiger partial charge >= 0.3 is 0 Å². The molecule has 1 aliphatic rings. The van der Waals surface area contributed by atoms with Crippen LogP contribution in [0, 0.1) is 0 Å². The van der Waals surface area contributed by atoms with E-state index in [-0.39, 0.29) is 0 Å². The maximum Gasteiger partial charge on any atom is 0.0443 e. The summed E-state index contributed by atoms with van der Waals surface area (Å²) in [5, 5.41) is 8.93. The van der Waals surface area contributed by atoms with Gasteiger partial charge in [0, 0.05) is 25.7 Å². The molecular weight excluding hydrogens is 260 g/mol. The predicted molar refractivity (Wildman–Crippen MR) is 88.7 cm³/mol. The van der Waals surface area contributed by atoms with Crippen molar-refractivity contribution in [2.75, 3.05) is 39.8 Å². The van der Waals surface area contributed by atoms with Crippen molar-refractivity contribution < 1.29 is 5.11 Å². The number of rotatable bonds is 7. The van der Waals surface area contributed by atoms with Gasteiger partial charge in [0.05, 0.1) is 0 Å². The average molecular weight is 290 g/mol. The van der Waals surface area contributed by atoms with Crippen LogP contribution in [0.5, 0.6) is 0 Å². The number of hydrogen-bond donors (Lipinski definition) is 1. The number of hydrogen-bond acceptors (Lipinski definition) is 3. The fourth-order valence-electron chi connectivity index (χ4n) is 3.32. The van der Waals surface area contributed by atoms with Gasteiger partial charge < -0.3 is 14.9 Å². The lowest BCUT2D eigenvalue weighted by atomic mass is 9.98. The lowest BCUT2D eigenvalue weighted by molar-refractivity contribution is 0.118. The molecule has 1 saturated heterocycles. The molecule has 1 unspecified atom stereocenters. The average Bonchev–Trinajstić information content (AvgIpc) is 2.54. The first-order chi connectivity index (χ1) is 10.2.